The largest absolute Gasteiger partial charge is 0.365 e. The predicted molar refractivity (Wildman–Crippen MR) is 33.0 cm³/mol. The van der Waals surface area contributed by atoms with Crippen molar-refractivity contribution in [1.29, 1.82) is 0 Å². The lowest BCUT2D eigenvalue weighted by Gasteiger charge is -2.19. The zero-order valence-corrected chi connectivity index (χ0v) is 4.52. The van der Waals surface area contributed by atoms with Crippen LogP contribution in [0, 0.1) is 0 Å². The molecule has 3 nitrogen and oxygen atoms in total. The van der Waals surface area contributed by atoms with E-state index in [0.29, 0.717) is 6.54 Å². The van der Waals surface area contributed by atoms with Gasteiger partial charge in [0, 0.05) is 6.54 Å². The van der Waals surface area contributed by atoms with Crippen molar-refractivity contribution in [2.75, 3.05) is 6.54 Å². The summed E-state index contributed by atoms with van der Waals surface area (Å²) in [5.41, 5.74) is 6.16. The second kappa shape index (κ2) is 2.20. The SMILES string of the molecule is [B]C1=CNC(N)NC1. The molecule has 0 aromatic rings. The van der Waals surface area contributed by atoms with Gasteiger partial charge >= 0.3 is 0 Å². The van der Waals surface area contributed by atoms with Gasteiger partial charge in [-0.3, -0.25) is 11.1 Å². The van der Waals surface area contributed by atoms with E-state index in [0.717, 1.165) is 5.47 Å². The molecule has 42 valence electrons. The van der Waals surface area contributed by atoms with Gasteiger partial charge in [-0.1, -0.05) is 5.47 Å². The molecule has 1 aliphatic heterocycles. The smallest absolute Gasteiger partial charge is 0.129 e. The van der Waals surface area contributed by atoms with Gasteiger partial charge in [0.1, 0.15) is 14.1 Å². The van der Waals surface area contributed by atoms with Crippen LogP contribution in [0.4, 0.5) is 0 Å². The Morgan fingerprint density at radius 3 is 3.00 bits per heavy atom. The summed E-state index contributed by atoms with van der Waals surface area (Å²) in [6.45, 7) is 0.675. The van der Waals surface area contributed by atoms with Crippen LogP contribution in [0.3, 0.4) is 0 Å². The van der Waals surface area contributed by atoms with Crippen LogP contribution in [-0.2, 0) is 0 Å². The van der Waals surface area contributed by atoms with Crippen LogP contribution in [0.15, 0.2) is 11.7 Å². The van der Waals surface area contributed by atoms with Crippen LogP contribution < -0.4 is 16.4 Å². The quantitative estimate of drug-likeness (QED) is 0.329. The van der Waals surface area contributed by atoms with Crippen LogP contribution in [0.25, 0.3) is 0 Å². The number of hydrogen-bond donors (Lipinski definition) is 3. The van der Waals surface area contributed by atoms with E-state index >= 15 is 0 Å². The molecule has 0 aliphatic carbocycles. The van der Waals surface area contributed by atoms with E-state index in [9.17, 15) is 0 Å². The fourth-order valence-corrected chi connectivity index (χ4v) is 0.535. The average Bonchev–Trinajstić information content (AvgIpc) is 1.77. The topological polar surface area (TPSA) is 50.1 Å². The average molecular weight is 109 g/mol. The summed E-state index contributed by atoms with van der Waals surface area (Å²) in [5.74, 6) is 0. The van der Waals surface area contributed by atoms with Crippen molar-refractivity contribution in [3.63, 3.8) is 0 Å². The number of nitrogens with one attached hydrogen (secondary N) is 2. The van der Waals surface area contributed by atoms with Crippen molar-refractivity contribution in [2.24, 2.45) is 5.73 Å². The van der Waals surface area contributed by atoms with E-state index in [2.05, 4.69) is 10.6 Å². The van der Waals surface area contributed by atoms with Crippen molar-refractivity contribution >= 4 is 7.85 Å². The zero-order chi connectivity index (χ0) is 5.98. The number of nitrogens with two attached hydrogens (primary N) is 1. The van der Waals surface area contributed by atoms with E-state index in [1.165, 1.54) is 0 Å². The summed E-state index contributed by atoms with van der Waals surface area (Å²) in [7, 11) is 5.38. The molecule has 0 aromatic carbocycles. The first-order valence-electron chi connectivity index (χ1n) is 2.48. The molecule has 1 atom stereocenters. The highest BCUT2D eigenvalue weighted by atomic mass is 15.2. The Balaban J connectivity index is 2.42. The second-order valence-corrected chi connectivity index (χ2v) is 1.74. The minimum absolute atomic E-state index is 0.137. The maximum absolute atomic E-state index is 5.38. The first kappa shape index (κ1) is 5.66. The highest BCUT2D eigenvalue weighted by Crippen LogP contribution is 1.86. The van der Waals surface area contributed by atoms with Gasteiger partial charge in [0.15, 0.2) is 0 Å². The summed E-state index contributed by atoms with van der Waals surface area (Å²) in [4.78, 5) is 0. The van der Waals surface area contributed by atoms with E-state index in [-0.39, 0.29) is 6.29 Å². The Morgan fingerprint density at radius 2 is 2.62 bits per heavy atom. The van der Waals surface area contributed by atoms with Crippen molar-refractivity contribution in [1.82, 2.24) is 10.6 Å². The Kier molecular flexibility index (Phi) is 1.55. The molecule has 0 amide bonds. The summed E-state index contributed by atoms with van der Waals surface area (Å²) < 4.78 is 0. The molecule has 4 heteroatoms. The van der Waals surface area contributed by atoms with Crippen molar-refractivity contribution in [3.8, 4) is 0 Å². The number of rotatable bonds is 0. The van der Waals surface area contributed by atoms with Crippen molar-refractivity contribution in [2.45, 2.75) is 6.29 Å². The molecule has 0 saturated heterocycles. The first-order valence-corrected chi connectivity index (χ1v) is 2.48. The second-order valence-electron chi connectivity index (χ2n) is 1.74. The molecular formula is C4H8BN3. The van der Waals surface area contributed by atoms with Gasteiger partial charge < -0.3 is 5.32 Å². The monoisotopic (exact) mass is 109 g/mol. The Morgan fingerprint density at radius 1 is 1.88 bits per heavy atom. The van der Waals surface area contributed by atoms with Gasteiger partial charge in [-0.25, -0.2) is 0 Å². The van der Waals surface area contributed by atoms with E-state index in [1.54, 1.807) is 6.20 Å². The Bertz CT molecular complexity index is 112. The van der Waals surface area contributed by atoms with Gasteiger partial charge in [-0.15, -0.1) is 0 Å². The fourth-order valence-electron chi connectivity index (χ4n) is 0.535. The van der Waals surface area contributed by atoms with Crippen LogP contribution in [-0.4, -0.2) is 20.7 Å². The van der Waals surface area contributed by atoms with Crippen LogP contribution >= 0.6 is 0 Å². The summed E-state index contributed by atoms with van der Waals surface area (Å²) in [6.07, 6.45) is 1.57. The third-order valence-electron chi connectivity index (χ3n) is 0.974. The minimum Gasteiger partial charge on any atom is -0.365 e. The molecule has 8 heavy (non-hydrogen) atoms. The van der Waals surface area contributed by atoms with Gasteiger partial charge in [0.2, 0.25) is 0 Å². The van der Waals surface area contributed by atoms with Gasteiger partial charge in [-0.05, 0) is 6.20 Å². The van der Waals surface area contributed by atoms with E-state index in [4.69, 9.17) is 13.6 Å². The molecule has 2 radical (unpaired) electrons. The van der Waals surface area contributed by atoms with E-state index in [1.807, 2.05) is 0 Å². The van der Waals surface area contributed by atoms with Gasteiger partial charge in [0.25, 0.3) is 0 Å². The molecule has 1 unspecified atom stereocenters. The highest BCUT2D eigenvalue weighted by molar-refractivity contribution is 6.21. The lowest BCUT2D eigenvalue weighted by Crippen LogP contribution is -2.50. The van der Waals surface area contributed by atoms with Crippen LogP contribution in [0.1, 0.15) is 0 Å². The summed E-state index contributed by atoms with van der Waals surface area (Å²) >= 11 is 0. The standard InChI is InChI=1S/C4H8BN3/c5-3-1-7-4(6)8-2-3/h1,4,7-8H,2,6H2. The van der Waals surface area contributed by atoms with Crippen LogP contribution in [0.2, 0.25) is 0 Å². The van der Waals surface area contributed by atoms with Gasteiger partial charge in [0.05, 0.1) is 0 Å². The molecule has 4 N–H and O–H groups in total. The highest BCUT2D eigenvalue weighted by Gasteiger charge is 2.01. The summed E-state index contributed by atoms with van der Waals surface area (Å²) in [5, 5.41) is 5.72. The first-order chi connectivity index (χ1) is 3.79. The molecule has 0 aromatic heterocycles. The molecular weight excluding hydrogens is 101 g/mol. The fraction of sp³-hybridized carbons (Fsp3) is 0.500. The maximum Gasteiger partial charge on any atom is 0.129 e. The molecule has 0 bridgehead atoms. The molecule has 1 rings (SSSR count). The molecule has 1 aliphatic rings. The van der Waals surface area contributed by atoms with Crippen LogP contribution in [0.5, 0.6) is 0 Å². The molecule has 0 spiro atoms. The summed E-state index contributed by atoms with van der Waals surface area (Å²) in [6, 6.07) is 0. The van der Waals surface area contributed by atoms with Gasteiger partial charge in [-0.2, -0.15) is 0 Å². The molecule has 0 fully saturated rings. The Hall–Kier alpha value is -0.475. The van der Waals surface area contributed by atoms with E-state index < -0.39 is 0 Å². The maximum atomic E-state index is 5.38. The lowest BCUT2D eigenvalue weighted by molar-refractivity contribution is 0.489. The Labute approximate surface area is 49.7 Å². The third kappa shape index (κ3) is 1.25. The predicted octanol–water partition coefficient (Wildman–Crippen LogP) is -1.57. The lowest BCUT2D eigenvalue weighted by atomic mass is 9.96. The third-order valence-corrected chi connectivity index (χ3v) is 0.974. The normalized spacial score (nSPS) is 28.6. The zero-order valence-electron chi connectivity index (χ0n) is 4.52. The molecule has 0 saturated carbocycles. The molecule has 1 heterocycles. The van der Waals surface area contributed by atoms with Crippen molar-refractivity contribution in [3.05, 3.63) is 11.7 Å². The minimum atomic E-state index is -0.137. The number of hydrogen-bond acceptors (Lipinski definition) is 3. The van der Waals surface area contributed by atoms with Crippen molar-refractivity contribution < 1.29 is 0 Å².